The fraction of sp³-hybridized carbons (Fsp3) is 0.588. The van der Waals surface area contributed by atoms with E-state index in [1.54, 1.807) is 17.0 Å². The van der Waals surface area contributed by atoms with Gasteiger partial charge in [0.1, 0.15) is 5.82 Å². The normalized spacial score (nSPS) is 23.3. The summed E-state index contributed by atoms with van der Waals surface area (Å²) >= 11 is 0. The van der Waals surface area contributed by atoms with Crippen LogP contribution in [0.5, 0.6) is 0 Å². The average Bonchev–Trinajstić information content (AvgIpc) is 3.01. The summed E-state index contributed by atoms with van der Waals surface area (Å²) < 4.78 is 13.9. The van der Waals surface area contributed by atoms with Crippen molar-refractivity contribution in [3.8, 4) is 0 Å². The first-order valence-corrected chi connectivity index (χ1v) is 8.27. The van der Waals surface area contributed by atoms with Crippen LogP contribution in [0.15, 0.2) is 18.2 Å². The number of rotatable bonds is 2. The van der Waals surface area contributed by atoms with Crippen molar-refractivity contribution in [2.45, 2.75) is 19.4 Å². The minimum absolute atomic E-state index is 0.204. The third-order valence-corrected chi connectivity index (χ3v) is 4.87. The number of aryl methyl sites for hydroxylation is 1. The fourth-order valence-corrected chi connectivity index (χ4v) is 3.33. The molecule has 0 radical (unpaired) electrons. The number of piperazine rings is 1. The monoisotopic (exact) mass is 320 g/mol. The van der Waals surface area contributed by atoms with Gasteiger partial charge in [0, 0.05) is 45.3 Å². The Hall–Kier alpha value is -1.66. The highest BCUT2D eigenvalue weighted by Crippen LogP contribution is 2.20. The zero-order valence-electron chi connectivity index (χ0n) is 13.9. The van der Waals surface area contributed by atoms with Crippen LogP contribution < -0.4 is 5.32 Å². The van der Waals surface area contributed by atoms with E-state index in [0.717, 1.165) is 51.3 Å². The molecule has 2 fully saturated rings. The summed E-state index contributed by atoms with van der Waals surface area (Å²) in [6.07, 6.45) is 0.994. The summed E-state index contributed by atoms with van der Waals surface area (Å²) in [7, 11) is 2.14. The SMILES string of the molecule is Cc1ccc(NC(=O)N2CC[C@H](N3CCN(C)CC3)C2)c(F)c1. The highest BCUT2D eigenvalue weighted by Gasteiger charge is 2.31. The quantitative estimate of drug-likeness (QED) is 0.906. The maximum Gasteiger partial charge on any atom is 0.321 e. The molecule has 2 aliphatic rings. The molecule has 2 amide bonds. The van der Waals surface area contributed by atoms with Gasteiger partial charge in [0.15, 0.2) is 0 Å². The summed E-state index contributed by atoms with van der Waals surface area (Å²) in [5.74, 6) is -0.381. The van der Waals surface area contributed by atoms with Gasteiger partial charge in [-0.2, -0.15) is 0 Å². The summed E-state index contributed by atoms with van der Waals surface area (Å²) in [5.41, 5.74) is 1.10. The molecule has 1 aromatic rings. The molecule has 5 nitrogen and oxygen atoms in total. The second-order valence-electron chi connectivity index (χ2n) is 6.64. The molecule has 23 heavy (non-hydrogen) atoms. The van der Waals surface area contributed by atoms with Gasteiger partial charge in [-0.25, -0.2) is 9.18 Å². The van der Waals surface area contributed by atoms with E-state index in [0.29, 0.717) is 6.04 Å². The van der Waals surface area contributed by atoms with Crippen molar-refractivity contribution in [3.63, 3.8) is 0 Å². The highest BCUT2D eigenvalue weighted by atomic mass is 19.1. The number of carbonyl (C=O) groups excluding carboxylic acids is 1. The molecule has 0 unspecified atom stereocenters. The van der Waals surface area contributed by atoms with Crippen LogP contribution in [0.25, 0.3) is 0 Å². The van der Waals surface area contributed by atoms with Crippen LogP contribution in [-0.2, 0) is 0 Å². The van der Waals surface area contributed by atoms with Gasteiger partial charge in [-0.3, -0.25) is 4.90 Å². The topological polar surface area (TPSA) is 38.8 Å². The van der Waals surface area contributed by atoms with Crippen molar-refractivity contribution in [1.29, 1.82) is 0 Å². The van der Waals surface area contributed by atoms with Gasteiger partial charge in [0.05, 0.1) is 5.69 Å². The van der Waals surface area contributed by atoms with Gasteiger partial charge in [-0.05, 0) is 38.1 Å². The average molecular weight is 320 g/mol. The molecular formula is C17H25FN4O. The molecule has 2 aliphatic heterocycles. The molecule has 3 rings (SSSR count). The number of hydrogen-bond acceptors (Lipinski definition) is 3. The van der Waals surface area contributed by atoms with Crippen molar-refractivity contribution >= 4 is 11.7 Å². The molecule has 1 aromatic carbocycles. The maximum atomic E-state index is 13.9. The van der Waals surface area contributed by atoms with Crippen LogP contribution in [-0.4, -0.2) is 73.1 Å². The van der Waals surface area contributed by atoms with Gasteiger partial charge < -0.3 is 15.1 Å². The minimum atomic E-state index is -0.381. The van der Waals surface area contributed by atoms with Crippen LogP contribution in [0.4, 0.5) is 14.9 Å². The molecule has 2 saturated heterocycles. The van der Waals surface area contributed by atoms with Crippen LogP contribution in [0, 0.1) is 12.7 Å². The van der Waals surface area contributed by atoms with Gasteiger partial charge in [-0.1, -0.05) is 6.07 Å². The van der Waals surface area contributed by atoms with Crippen LogP contribution >= 0.6 is 0 Å². The predicted octanol–water partition coefficient (Wildman–Crippen LogP) is 1.99. The van der Waals surface area contributed by atoms with Crippen molar-refractivity contribution < 1.29 is 9.18 Å². The molecular weight excluding hydrogens is 295 g/mol. The van der Waals surface area contributed by atoms with Gasteiger partial charge in [0.25, 0.3) is 0 Å². The Morgan fingerprint density at radius 3 is 2.65 bits per heavy atom. The number of likely N-dealkylation sites (tertiary alicyclic amines) is 1. The zero-order chi connectivity index (χ0) is 16.4. The molecule has 0 bridgehead atoms. The van der Waals surface area contributed by atoms with Crippen molar-refractivity contribution in [2.75, 3.05) is 51.6 Å². The first-order chi connectivity index (χ1) is 11.0. The number of carbonyl (C=O) groups is 1. The standard InChI is InChI=1S/C17H25FN4O/c1-13-3-4-16(15(18)11-13)19-17(23)22-6-5-14(12-22)21-9-7-20(2)8-10-21/h3-4,11,14H,5-10,12H2,1-2H3,(H,19,23)/t14-/m0/s1. The lowest BCUT2D eigenvalue weighted by atomic mass is 10.2. The summed E-state index contributed by atoms with van der Waals surface area (Å²) in [6, 6.07) is 5.08. The number of halogens is 1. The Morgan fingerprint density at radius 2 is 1.96 bits per heavy atom. The van der Waals surface area contributed by atoms with Crippen LogP contribution in [0.2, 0.25) is 0 Å². The largest absolute Gasteiger partial charge is 0.323 e. The lowest BCUT2D eigenvalue weighted by Gasteiger charge is -2.36. The summed E-state index contributed by atoms with van der Waals surface area (Å²) in [5, 5.41) is 2.70. The lowest BCUT2D eigenvalue weighted by Crippen LogP contribution is -2.50. The number of nitrogens with one attached hydrogen (secondary N) is 1. The molecule has 1 N–H and O–H groups in total. The fourth-order valence-electron chi connectivity index (χ4n) is 3.33. The van der Waals surface area contributed by atoms with Crippen LogP contribution in [0.3, 0.4) is 0 Å². The Labute approximate surface area is 137 Å². The third kappa shape index (κ3) is 3.82. The number of nitrogens with zero attached hydrogens (tertiary/aromatic N) is 3. The van der Waals surface area contributed by atoms with E-state index in [1.165, 1.54) is 6.07 Å². The summed E-state index contributed by atoms with van der Waals surface area (Å²) in [6.45, 7) is 7.57. The number of anilines is 1. The number of benzene rings is 1. The van der Waals surface area contributed by atoms with Crippen molar-refractivity contribution in [1.82, 2.24) is 14.7 Å². The number of likely N-dealkylation sites (N-methyl/N-ethyl adjacent to an activating group) is 1. The van der Waals surface area contributed by atoms with E-state index in [4.69, 9.17) is 0 Å². The van der Waals surface area contributed by atoms with Gasteiger partial charge in [0.2, 0.25) is 0 Å². The van der Waals surface area contributed by atoms with E-state index >= 15 is 0 Å². The first-order valence-electron chi connectivity index (χ1n) is 8.27. The number of hydrogen-bond donors (Lipinski definition) is 1. The van der Waals surface area contributed by atoms with E-state index in [1.807, 2.05) is 6.92 Å². The molecule has 0 spiro atoms. The molecule has 0 aliphatic carbocycles. The van der Waals surface area contributed by atoms with Gasteiger partial charge >= 0.3 is 6.03 Å². The Morgan fingerprint density at radius 1 is 1.22 bits per heavy atom. The molecule has 6 heteroatoms. The summed E-state index contributed by atoms with van der Waals surface area (Å²) in [4.78, 5) is 18.9. The number of amides is 2. The number of urea groups is 1. The Balaban J connectivity index is 1.55. The molecule has 0 aromatic heterocycles. The van der Waals surface area contributed by atoms with E-state index < -0.39 is 0 Å². The van der Waals surface area contributed by atoms with Crippen molar-refractivity contribution in [3.05, 3.63) is 29.6 Å². The van der Waals surface area contributed by atoms with Gasteiger partial charge in [-0.15, -0.1) is 0 Å². The first kappa shape index (κ1) is 16.2. The Kier molecular flexibility index (Phi) is 4.82. The highest BCUT2D eigenvalue weighted by molar-refractivity contribution is 5.89. The molecule has 126 valence electrons. The minimum Gasteiger partial charge on any atom is -0.323 e. The maximum absolute atomic E-state index is 13.9. The smallest absolute Gasteiger partial charge is 0.321 e. The second-order valence-corrected chi connectivity index (χ2v) is 6.64. The lowest BCUT2D eigenvalue weighted by molar-refractivity contribution is 0.115. The van der Waals surface area contributed by atoms with E-state index in [9.17, 15) is 9.18 Å². The van der Waals surface area contributed by atoms with E-state index in [2.05, 4.69) is 22.2 Å². The zero-order valence-corrected chi connectivity index (χ0v) is 13.9. The Bertz CT molecular complexity index is 572. The second kappa shape index (κ2) is 6.84. The van der Waals surface area contributed by atoms with Crippen molar-refractivity contribution in [2.24, 2.45) is 0 Å². The third-order valence-electron chi connectivity index (χ3n) is 4.87. The van der Waals surface area contributed by atoms with Crippen LogP contribution in [0.1, 0.15) is 12.0 Å². The molecule has 2 heterocycles. The molecule has 0 saturated carbocycles. The predicted molar refractivity (Wildman–Crippen MR) is 89.2 cm³/mol. The van der Waals surface area contributed by atoms with E-state index in [-0.39, 0.29) is 17.5 Å². The molecule has 1 atom stereocenters.